The first-order valence-electron chi connectivity index (χ1n) is 7.87. The lowest BCUT2D eigenvalue weighted by Gasteiger charge is -2.23. The van der Waals surface area contributed by atoms with E-state index in [4.69, 9.17) is 4.74 Å². The predicted molar refractivity (Wildman–Crippen MR) is 90.7 cm³/mol. The van der Waals surface area contributed by atoms with E-state index in [0.717, 1.165) is 43.8 Å². The number of halogens is 1. The molecule has 2 fully saturated rings. The number of carbonyl (C=O) groups is 1. The molecule has 0 radical (unpaired) electrons. The SMILES string of the molecule is CC(C)Oc1ccc(NC(=O)C2CC23CCNCC3)cc1.Cl. The first-order valence-corrected chi connectivity index (χ1v) is 7.87. The van der Waals surface area contributed by atoms with E-state index in [1.54, 1.807) is 0 Å². The summed E-state index contributed by atoms with van der Waals surface area (Å²) in [5.41, 5.74) is 1.14. The summed E-state index contributed by atoms with van der Waals surface area (Å²) in [5, 5.41) is 6.41. The third kappa shape index (κ3) is 3.73. The van der Waals surface area contributed by atoms with Crippen LogP contribution in [0.4, 0.5) is 5.69 Å². The topological polar surface area (TPSA) is 50.4 Å². The summed E-state index contributed by atoms with van der Waals surface area (Å²) in [5.74, 6) is 1.21. The molecule has 1 amide bonds. The van der Waals surface area contributed by atoms with Gasteiger partial charge in [-0.05, 0) is 75.9 Å². The van der Waals surface area contributed by atoms with E-state index in [1.807, 2.05) is 38.1 Å². The van der Waals surface area contributed by atoms with E-state index in [9.17, 15) is 4.79 Å². The van der Waals surface area contributed by atoms with Gasteiger partial charge in [-0.3, -0.25) is 4.79 Å². The predicted octanol–water partition coefficient (Wildman–Crippen LogP) is 3.22. The van der Waals surface area contributed by atoms with Crippen molar-refractivity contribution in [3.8, 4) is 5.75 Å². The number of hydrogen-bond donors (Lipinski definition) is 2. The zero-order chi connectivity index (χ0) is 14.9. The molecule has 1 saturated carbocycles. The lowest BCUT2D eigenvalue weighted by atomic mass is 9.92. The van der Waals surface area contributed by atoms with Crippen LogP contribution in [-0.2, 0) is 4.79 Å². The monoisotopic (exact) mass is 324 g/mol. The van der Waals surface area contributed by atoms with Crippen molar-refractivity contribution >= 4 is 24.0 Å². The van der Waals surface area contributed by atoms with E-state index in [2.05, 4.69) is 10.6 Å². The molecule has 2 aliphatic rings. The summed E-state index contributed by atoms with van der Waals surface area (Å²) in [6.45, 7) is 6.10. The highest BCUT2D eigenvalue weighted by molar-refractivity contribution is 5.95. The fourth-order valence-electron chi connectivity index (χ4n) is 3.31. The lowest BCUT2D eigenvalue weighted by molar-refractivity contribution is -0.118. The van der Waals surface area contributed by atoms with Crippen LogP contribution in [0.1, 0.15) is 33.1 Å². The van der Waals surface area contributed by atoms with Crippen molar-refractivity contribution in [2.75, 3.05) is 18.4 Å². The zero-order valence-electron chi connectivity index (χ0n) is 13.2. The fraction of sp³-hybridized carbons (Fsp3) is 0.588. The van der Waals surface area contributed by atoms with Crippen molar-refractivity contribution < 1.29 is 9.53 Å². The molecule has 1 unspecified atom stereocenters. The number of piperidine rings is 1. The van der Waals surface area contributed by atoms with E-state index >= 15 is 0 Å². The quantitative estimate of drug-likeness (QED) is 0.894. The highest BCUT2D eigenvalue weighted by Gasteiger charge is 2.57. The molecule has 1 aliphatic carbocycles. The molecule has 22 heavy (non-hydrogen) atoms. The van der Waals surface area contributed by atoms with Gasteiger partial charge in [0.1, 0.15) is 5.75 Å². The van der Waals surface area contributed by atoms with Gasteiger partial charge in [-0.1, -0.05) is 0 Å². The van der Waals surface area contributed by atoms with E-state index < -0.39 is 0 Å². The Morgan fingerprint density at radius 2 is 1.91 bits per heavy atom. The number of rotatable bonds is 4. The minimum absolute atomic E-state index is 0. The normalized spacial score (nSPS) is 22.0. The summed E-state index contributed by atoms with van der Waals surface area (Å²) in [7, 11) is 0. The number of hydrogen-bond acceptors (Lipinski definition) is 3. The van der Waals surface area contributed by atoms with Crippen LogP contribution in [0.15, 0.2) is 24.3 Å². The number of anilines is 1. The summed E-state index contributed by atoms with van der Waals surface area (Å²) in [4.78, 5) is 12.3. The summed E-state index contributed by atoms with van der Waals surface area (Å²) in [6.07, 6.45) is 3.48. The maximum Gasteiger partial charge on any atom is 0.228 e. The van der Waals surface area contributed by atoms with Crippen LogP contribution in [0.5, 0.6) is 5.75 Å². The fourth-order valence-corrected chi connectivity index (χ4v) is 3.31. The van der Waals surface area contributed by atoms with Crippen molar-refractivity contribution in [1.29, 1.82) is 0 Å². The Kier molecular flexibility index (Phi) is 5.35. The van der Waals surface area contributed by atoms with Gasteiger partial charge in [0.05, 0.1) is 6.10 Å². The van der Waals surface area contributed by atoms with Gasteiger partial charge >= 0.3 is 0 Å². The third-order valence-corrected chi connectivity index (χ3v) is 4.60. The van der Waals surface area contributed by atoms with Gasteiger partial charge in [0.25, 0.3) is 0 Å². The van der Waals surface area contributed by atoms with Crippen molar-refractivity contribution in [3.05, 3.63) is 24.3 Å². The Morgan fingerprint density at radius 3 is 2.50 bits per heavy atom. The highest BCUT2D eigenvalue weighted by atomic mass is 35.5. The second kappa shape index (κ2) is 6.88. The smallest absolute Gasteiger partial charge is 0.228 e. The highest BCUT2D eigenvalue weighted by Crippen LogP contribution is 2.58. The average molecular weight is 325 g/mol. The molecular weight excluding hydrogens is 300 g/mol. The number of amides is 1. The Labute approximate surface area is 138 Å². The van der Waals surface area contributed by atoms with Crippen LogP contribution in [0.3, 0.4) is 0 Å². The van der Waals surface area contributed by atoms with Crippen LogP contribution in [-0.4, -0.2) is 25.1 Å². The molecule has 122 valence electrons. The largest absolute Gasteiger partial charge is 0.491 e. The van der Waals surface area contributed by atoms with E-state index in [-0.39, 0.29) is 35.8 Å². The number of ether oxygens (including phenoxy) is 1. The third-order valence-electron chi connectivity index (χ3n) is 4.60. The number of nitrogens with one attached hydrogen (secondary N) is 2. The van der Waals surface area contributed by atoms with Gasteiger partial charge in [-0.15, -0.1) is 12.4 Å². The van der Waals surface area contributed by atoms with Gasteiger partial charge in [0.15, 0.2) is 0 Å². The first kappa shape index (κ1) is 17.1. The second-order valence-electron chi connectivity index (χ2n) is 6.55. The maximum atomic E-state index is 12.3. The van der Waals surface area contributed by atoms with Gasteiger partial charge in [0, 0.05) is 11.6 Å². The van der Waals surface area contributed by atoms with Crippen LogP contribution >= 0.6 is 12.4 Å². The molecule has 1 aromatic rings. The van der Waals surface area contributed by atoms with Crippen molar-refractivity contribution in [2.45, 2.75) is 39.2 Å². The summed E-state index contributed by atoms with van der Waals surface area (Å²) in [6, 6.07) is 7.63. The molecule has 1 aliphatic heterocycles. The average Bonchev–Trinajstić information content (AvgIpc) is 3.15. The maximum absolute atomic E-state index is 12.3. The van der Waals surface area contributed by atoms with Crippen molar-refractivity contribution in [1.82, 2.24) is 5.32 Å². The second-order valence-corrected chi connectivity index (χ2v) is 6.55. The molecular formula is C17H25ClN2O2. The minimum Gasteiger partial charge on any atom is -0.491 e. The summed E-state index contributed by atoms with van der Waals surface area (Å²) < 4.78 is 5.60. The first-order chi connectivity index (χ1) is 10.1. The van der Waals surface area contributed by atoms with Gasteiger partial charge in [-0.2, -0.15) is 0 Å². The Bertz CT molecular complexity index is 510. The molecule has 1 heterocycles. The zero-order valence-corrected chi connectivity index (χ0v) is 14.0. The minimum atomic E-state index is 0. The van der Waals surface area contributed by atoms with Crippen molar-refractivity contribution in [2.24, 2.45) is 11.3 Å². The molecule has 1 atom stereocenters. The number of benzene rings is 1. The molecule has 5 heteroatoms. The van der Waals surface area contributed by atoms with Gasteiger partial charge in [-0.25, -0.2) is 0 Å². The van der Waals surface area contributed by atoms with Crippen LogP contribution in [0.25, 0.3) is 0 Å². The Hall–Kier alpha value is -1.26. The molecule has 1 saturated heterocycles. The van der Waals surface area contributed by atoms with Crippen LogP contribution in [0.2, 0.25) is 0 Å². The molecule has 1 aromatic carbocycles. The van der Waals surface area contributed by atoms with Crippen molar-refractivity contribution in [3.63, 3.8) is 0 Å². The molecule has 0 aromatic heterocycles. The Balaban J connectivity index is 0.00000176. The Morgan fingerprint density at radius 1 is 1.27 bits per heavy atom. The summed E-state index contributed by atoms with van der Waals surface area (Å²) >= 11 is 0. The van der Waals surface area contributed by atoms with E-state index in [0.29, 0.717) is 0 Å². The molecule has 4 nitrogen and oxygen atoms in total. The molecule has 2 N–H and O–H groups in total. The van der Waals surface area contributed by atoms with Gasteiger partial charge < -0.3 is 15.4 Å². The van der Waals surface area contributed by atoms with Gasteiger partial charge in [0.2, 0.25) is 5.91 Å². The molecule has 3 rings (SSSR count). The lowest BCUT2D eigenvalue weighted by Crippen LogP contribution is -2.31. The standard InChI is InChI=1S/C17H24N2O2.ClH/c1-12(2)21-14-5-3-13(4-6-14)19-16(20)15-11-17(15)7-9-18-10-8-17;/h3-6,12,15,18H,7-11H2,1-2H3,(H,19,20);1H. The molecule has 0 bridgehead atoms. The number of carbonyl (C=O) groups excluding carboxylic acids is 1. The van der Waals surface area contributed by atoms with Crippen LogP contribution < -0.4 is 15.4 Å². The van der Waals surface area contributed by atoms with E-state index in [1.165, 1.54) is 0 Å². The molecule has 1 spiro atoms. The van der Waals surface area contributed by atoms with Crippen LogP contribution in [0, 0.1) is 11.3 Å².